The molecule has 0 aromatic carbocycles. The van der Waals surface area contributed by atoms with Gasteiger partial charge in [-0.1, -0.05) is 24.8 Å². The van der Waals surface area contributed by atoms with Gasteiger partial charge >= 0.3 is 0 Å². The van der Waals surface area contributed by atoms with E-state index < -0.39 is 0 Å². The Morgan fingerprint density at radius 3 is 3.05 bits per heavy atom. The van der Waals surface area contributed by atoms with E-state index in [4.69, 9.17) is 0 Å². The highest BCUT2D eigenvalue weighted by atomic mass is 32.2. The molecule has 2 aromatic heterocycles. The highest BCUT2D eigenvalue weighted by Gasteiger charge is 2.09. The second-order valence-electron chi connectivity index (χ2n) is 4.20. The average Bonchev–Trinajstić information content (AvgIpc) is 2.97. The summed E-state index contributed by atoms with van der Waals surface area (Å²) in [7, 11) is 0. The molecule has 0 fully saturated rings. The summed E-state index contributed by atoms with van der Waals surface area (Å²) in [6.07, 6.45) is 4.08. The highest BCUT2D eigenvalue weighted by Crippen LogP contribution is 2.23. The molecule has 19 heavy (non-hydrogen) atoms. The van der Waals surface area contributed by atoms with Gasteiger partial charge in [-0.25, -0.2) is 4.98 Å². The third-order valence-corrected chi connectivity index (χ3v) is 4.58. The van der Waals surface area contributed by atoms with Crippen molar-refractivity contribution in [2.45, 2.75) is 44.1 Å². The van der Waals surface area contributed by atoms with Crippen molar-refractivity contribution in [1.29, 1.82) is 0 Å². The molecule has 0 atom stereocenters. The number of rotatable bonds is 7. The second-order valence-corrected chi connectivity index (χ2v) is 6.09. The third-order valence-electron chi connectivity index (χ3n) is 2.63. The topological polar surface area (TPSA) is 43.6 Å². The fourth-order valence-electron chi connectivity index (χ4n) is 1.69. The molecule has 0 aliphatic heterocycles. The van der Waals surface area contributed by atoms with Gasteiger partial charge in [0.05, 0.1) is 10.7 Å². The molecular formula is C13H18N4S2. The van der Waals surface area contributed by atoms with Gasteiger partial charge < -0.3 is 4.57 Å². The fraction of sp³-hybridized carbons (Fsp3) is 0.462. The maximum atomic E-state index is 4.62. The van der Waals surface area contributed by atoms with Crippen LogP contribution < -0.4 is 0 Å². The minimum absolute atomic E-state index is 0.749. The molecule has 0 spiro atoms. The zero-order valence-corrected chi connectivity index (χ0v) is 12.9. The van der Waals surface area contributed by atoms with Crippen LogP contribution in [-0.4, -0.2) is 19.7 Å². The first-order valence-electron chi connectivity index (χ1n) is 6.31. The fourth-order valence-corrected chi connectivity index (χ4v) is 3.58. The van der Waals surface area contributed by atoms with Crippen LogP contribution in [-0.2, 0) is 18.7 Å². The molecule has 0 N–H and O–H groups in total. The van der Waals surface area contributed by atoms with Crippen molar-refractivity contribution in [3.63, 3.8) is 0 Å². The Hall–Kier alpha value is -1.14. The molecule has 2 rings (SSSR count). The molecule has 2 aromatic rings. The number of thiazole rings is 1. The molecule has 0 amide bonds. The molecule has 0 saturated carbocycles. The first kappa shape index (κ1) is 14.3. The van der Waals surface area contributed by atoms with Crippen LogP contribution in [0, 0.1) is 6.92 Å². The van der Waals surface area contributed by atoms with Gasteiger partial charge in [-0.3, -0.25) is 0 Å². The van der Waals surface area contributed by atoms with Crippen LogP contribution in [0.15, 0.2) is 23.2 Å². The summed E-state index contributed by atoms with van der Waals surface area (Å²) in [5, 5.41) is 12.6. The Bertz CT molecular complexity index is 545. The van der Waals surface area contributed by atoms with Crippen LogP contribution in [0.5, 0.6) is 0 Å². The Kier molecular flexibility index (Phi) is 5.15. The molecular weight excluding hydrogens is 276 g/mol. The zero-order chi connectivity index (χ0) is 13.7. The van der Waals surface area contributed by atoms with Crippen molar-refractivity contribution in [2.24, 2.45) is 0 Å². The minimum Gasteiger partial charge on any atom is -0.302 e. The van der Waals surface area contributed by atoms with Crippen LogP contribution in [0.25, 0.3) is 0 Å². The number of aryl methyl sites for hydroxylation is 2. The summed E-state index contributed by atoms with van der Waals surface area (Å²) in [4.78, 5) is 4.62. The lowest BCUT2D eigenvalue weighted by Gasteiger charge is -2.03. The van der Waals surface area contributed by atoms with Crippen LogP contribution in [0.3, 0.4) is 0 Å². The van der Waals surface area contributed by atoms with Gasteiger partial charge in [-0.15, -0.1) is 28.1 Å². The summed E-state index contributed by atoms with van der Waals surface area (Å²) >= 11 is 3.42. The molecule has 6 heteroatoms. The standard InChI is InChI=1S/C13H18N4S2/c1-4-6-12-14-11(8-18-12)9-19-13-16-15-10(3)17(13)7-5-2/h5,8H,2,4,6-7,9H2,1,3H3. The Morgan fingerprint density at radius 2 is 2.32 bits per heavy atom. The summed E-state index contributed by atoms with van der Waals surface area (Å²) in [6, 6.07) is 0. The Balaban J connectivity index is 1.99. The normalized spacial score (nSPS) is 10.8. The van der Waals surface area contributed by atoms with E-state index in [-0.39, 0.29) is 0 Å². The molecule has 2 heterocycles. The molecule has 0 bridgehead atoms. The van der Waals surface area contributed by atoms with Gasteiger partial charge in [0, 0.05) is 17.7 Å². The van der Waals surface area contributed by atoms with Gasteiger partial charge in [0.2, 0.25) is 0 Å². The third kappa shape index (κ3) is 3.67. The van der Waals surface area contributed by atoms with E-state index in [2.05, 4.69) is 38.6 Å². The number of aromatic nitrogens is 4. The molecule has 0 saturated heterocycles. The summed E-state index contributed by atoms with van der Waals surface area (Å²) in [5.74, 6) is 1.77. The van der Waals surface area contributed by atoms with Crippen molar-refractivity contribution in [3.8, 4) is 0 Å². The molecule has 0 aliphatic carbocycles. The minimum atomic E-state index is 0.749. The van der Waals surface area contributed by atoms with E-state index in [1.165, 1.54) is 5.01 Å². The molecule has 4 nitrogen and oxygen atoms in total. The van der Waals surface area contributed by atoms with E-state index >= 15 is 0 Å². The lowest BCUT2D eigenvalue weighted by atomic mass is 10.3. The van der Waals surface area contributed by atoms with E-state index in [1.54, 1.807) is 23.1 Å². The summed E-state index contributed by atoms with van der Waals surface area (Å²) in [5.41, 5.74) is 1.13. The number of nitrogens with zero attached hydrogens (tertiary/aromatic N) is 4. The van der Waals surface area contributed by atoms with E-state index in [0.717, 1.165) is 41.8 Å². The number of thioether (sulfide) groups is 1. The van der Waals surface area contributed by atoms with Crippen LogP contribution in [0.4, 0.5) is 0 Å². The van der Waals surface area contributed by atoms with Crippen LogP contribution in [0.2, 0.25) is 0 Å². The van der Waals surface area contributed by atoms with Gasteiger partial charge in [-0.2, -0.15) is 0 Å². The predicted molar refractivity (Wildman–Crippen MR) is 80.6 cm³/mol. The maximum Gasteiger partial charge on any atom is 0.191 e. The largest absolute Gasteiger partial charge is 0.302 e. The van der Waals surface area contributed by atoms with Gasteiger partial charge in [-0.05, 0) is 19.8 Å². The van der Waals surface area contributed by atoms with Crippen molar-refractivity contribution < 1.29 is 0 Å². The first-order valence-corrected chi connectivity index (χ1v) is 8.18. The summed E-state index contributed by atoms with van der Waals surface area (Å²) in [6.45, 7) is 8.65. The van der Waals surface area contributed by atoms with Crippen molar-refractivity contribution in [1.82, 2.24) is 19.7 Å². The lowest BCUT2D eigenvalue weighted by molar-refractivity contribution is 0.703. The molecule has 0 unspecified atom stereocenters. The monoisotopic (exact) mass is 294 g/mol. The van der Waals surface area contributed by atoms with Crippen molar-refractivity contribution in [3.05, 3.63) is 34.6 Å². The smallest absolute Gasteiger partial charge is 0.191 e. The average molecular weight is 294 g/mol. The zero-order valence-electron chi connectivity index (χ0n) is 11.3. The highest BCUT2D eigenvalue weighted by molar-refractivity contribution is 7.98. The predicted octanol–water partition coefficient (Wildman–Crippen LogP) is 3.47. The van der Waals surface area contributed by atoms with E-state index in [9.17, 15) is 0 Å². The van der Waals surface area contributed by atoms with Crippen molar-refractivity contribution >= 4 is 23.1 Å². The van der Waals surface area contributed by atoms with Crippen LogP contribution >= 0.6 is 23.1 Å². The lowest BCUT2D eigenvalue weighted by Crippen LogP contribution is -2.00. The molecule has 0 aliphatic rings. The number of hydrogen-bond donors (Lipinski definition) is 0. The van der Waals surface area contributed by atoms with Gasteiger partial charge in [0.25, 0.3) is 0 Å². The van der Waals surface area contributed by atoms with Gasteiger partial charge in [0.1, 0.15) is 5.82 Å². The number of hydrogen-bond acceptors (Lipinski definition) is 5. The first-order chi connectivity index (χ1) is 9.24. The van der Waals surface area contributed by atoms with Gasteiger partial charge in [0.15, 0.2) is 5.16 Å². The van der Waals surface area contributed by atoms with Crippen LogP contribution in [0.1, 0.15) is 29.9 Å². The number of allylic oxidation sites excluding steroid dienone is 1. The Morgan fingerprint density at radius 1 is 1.47 bits per heavy atom. The molecule has 0 radical (unpaired) electrons. The van der Waals surface area contributed by atoms with E-state index in [0.29, 0.717) is 0 Å². The Labute approximate surface area is 122 Å². The quantitative estimate of drug-likeness (QED) is 0.579. The SMILES string of the molecule is C=CCn1c(C)nnc1SCc1csc(CCC)n1. The summed E-state index contributed by atoms with van der Waals surface area (Å²) < 4.78 is 2.07. The van der Waals surface area contributed by atoms with Crippen molar-refractivity contribution in [2.75, 3.05) is 0 Å². The second kappa shape index (κ2) is 6.86. The maximum absolute atomic E-state index is 4.62. The molecule has 102 valence electrons. The van der Waals surface area contributed by atoms with E-state index in [1.807, 2.05) is 13.0 Å².